The van der Waals surface area contributed by atoms with E-state index in [1.807, 2.05) is 0 Å². The molecule has 2 atom stereocenters. The molecule has 1 nitrogen and oxygen atoms in total. The van der Waals surface area contributed by atoms with E-state index in [1.54, 1.807) is 0 Å². The predicted molar refractivity (Wildman–Crippen MR) is 71.9 cm³/mol. The summed E-state index contributed by atoms with van der Waals surface area (Å²) in [5.41, 5.74) is 2.87. The van der Waals surface area contributed by atoms with Crippen LogP contribution in [0.15, 0.2) is 24.3 Å². The Balaban J connectivity index is 2.45. The van der Waals surface area contributed by atoms with Gasteiger partial charge in [0.1, 0.15) is 0 Å². The van der Waals surface area contributed by atoms with E-state index < -0.39 is 0 Å². The van der Waals surface area contributed by atoms with Crippen molar-refractivity contribution in [2.24, 2.45) is 0 Å². The highest BCUT2D eigenvalue weighted by atomic mass is 14.9. The van der Waals surface area contributed by atoms with Crippen molar-refractivity contribution in [3.05, 3.63) is 35.4 Å². The average Bonchev–Trinajstić information content (AvgIpc) is 2.21. The highest BCUT2D eigenvalue weighted by Gasteiger charge is 2.08. The van der Waals surface area contributed by atoms with Crippen LogP contribution in [0.3, 0.4) is 0 Å². The molecule has 0 saturated carbocycles. The number of aryl methyl sites for hydroxylation is 1. The lowest BCUT2D eigenvalue weighted by Crippen LogP contribution is -2.35. The topological polar surface area (TPSA) is 12.0 Å². The molecule has 0 aliphatic heterocycles. The molecule has 0 bridgehead atoms. The fraction of sp³-hybridized carbons (Fsp3) is 0.600. The Morgan fingerprint density at radius 3 is 2.44 bits per heavy atom. The standard InChI is InChI=1S/C15H25N/c1-5-8-13(3)16-14(4)11-15-10-7-6-9-12(15)2/h6-7,9-10,13-14,16H,5,8,11H2,1-4H3. The Morgan fingerprint density at radius 2 is 1.81 bits per heavy atom. The number of nitrogens with one attached hydrogen (secondary N) is 1. The van der Waals surface area contributed by atoms with Crippen LogP contribution in [0.5, 0.6) is 0 Å². The van der Waals surface area contributed by atoms with Crippen LogP contribution in [0.25, 0.3) is 0 Å². The lowest BCUT2D eigenvalue weighted by molar-refractivity contribution is 0.440. The Labute approximate surface area is 100 Å². The van der Waals surface area contributed by atoms with Crippen LogP contribution in [-0.2, 0) is 6.42 Å². The summed E-state index contributed by atoms with van der Waals surface area (Å²) < 4.78 is 0. The molecule has 1 aromatic rings. The third-order valence-corrected chi connectivity index (χ3v) is 3.08. The molecule has 0 spiro atoms. The fourth-order valence-electron chi connectivity index (χ4n) is 2.23. The summed E-state index contributed by atoms with van der Waals surface area (Å²) >= 11 is 0. The molecule has 0 radical (unpaired) electrons. The van der Waals surface area contributed by atoms with Crippen molar-refractivity contribution in [3.63, 3.8) is 0 Å². The van der Waals surface area contributed by atoms with Crippen molar-refractivity contribution in [1.29, 1.82) is 0 Å². The average molecular weight is 219 g/mol. The summed E-state index contributed by atoms with van der Waals surface area (Å²) in [5.74, 6) is 0. The molecule has 1 N–H and O–H groups in total. The Morgan fingerprint density at radius 1 is 1.12 bits per heavy atom. The SMILES string of the molecule is CCCC(C)NC(C)Cc1ccccc1C. The zero-order valence-corrected chi connectivity index (χ0v) is 11.1. The third kappa shape index (κ3) is 4.36. The largest absolute Gasteiger partial charge is 0.311 e. The molecule has 1 heteroatoms. The van der Waals surface area contributed by atoms with E-state index in [2.05, 4.69) is 57.3 Å². The number of hydrogen-bond donors (Lipinski definition) is 1. The van der Waals surface area contributed by atoms with Crippen molar-refractivity contribution in [3.8, 4) is 0 Å². The quantitative estimate of drug-likeness (QED) is 0.769. The van der Waals surface area contributed by atoms with E-state index in [-0.39, 0.29) is 0 Å². The predicted octanol–water partition coefficient (Wildman–Crippen LogP) is 3.70. The molecule has 0 aliphatic carbocycles. The van der Waals surface area contributed by atoms with Gasteiger partial charge in [-0.15, -0.1) is 0 Å². The van der Waals surface area contributed by atoms with Crippen LogP contribution in [-0.4, -0.2) is 12.1 Å². The second-order valence-electron chi connectivity index (χ2n) is 4.89. The molecule has 16 heavy (non-hydrogen) atoms. The summed E-state index contributed by atoms with van der Waals surface area (Å²) in [7, 11) is 0. The summed E-state index contributed by atoms with van der Waals surface area (Å²) in [6, 6.07) is 9.85. The van der Waals surface area contributed by atoms with Gasteiger partial charge in [-0.1, -0.05) is 37.6 Å². The molecule has 0 fully saturated rings. The van der Waals surface area contributed by atoms with Crippen LogP contribution in [0, 0.1) is 6.92 Å². The van der Waals surface area contributed by atoms with Crippen LogP contribution in [0.4, 0.5) is 0 Å². The van der Waals surface area contributed by atoms with Crippen molar-refractivity contribution in [2.45, 2.75) is 59.0 Å². The molecular formula is C15H25N. The molecule has 0 heterocycles. The zero-order chi connectivity index (χ0) is 12.0. The second kappa shape index (κ2) is 6.70. The minimum absolute atomic E-state index is 0.558. The maximum Gasteiger partial charge on any atom is 0.00817 e. The van der Waals surface area contributed by atoms with Gasteiger partial charge in [-0.3, -0.25) is 0 Å². The summed E-state index contributed by atoms with van der Waals surface area (Å²) in [4.78, 5) is 0. The van der Waals surface area contributed by atoms with Crippen LogP contribution >= 0.6 is 0 Å². The van der Waals surface area contributed by atoms with Crippen LogP contribution in [0.2, 0.25) is 0 Å². The first kappa shape index (κ1) is 13.2. The van der Waals surface area contributed by atoms with Crippen molar-refractivity contribution in [1.82, 2.24) is 5.32 Å². The second-order valence-corrected chi connectivity index (χ2v) is 4.89. The van der Waals surface area contributed by atoms with Gasteiger partial charge in [0.05, 0.1) is 0 Å². The minimum atomic E-state index is 0.558. The zero-order valence-electron chi connectivity index (χ0n) is 11.1. The van der Waals surface area contributed by atoms with E-state index in [0.717, 1.165) is 6.42 Å². The van der Waals surface area contributed by atoms with Gasteiger partial charge in [0.2, 0.25) is 0 Å². The first-order valence-corrected chi connectivity index (χ1v) is 6.44. The lowest BCUT2D eigenvalue weighted by Gasteiger charge is -2.20. The molecular weight excluding hydrogens is 194 g/mol. The van der Waals surface area contributed by atoms with Gasteiger partial charge in [0.25, 0.3) is 0 Å². The van der Waals surface area contributed by atoms with E-state index in [4.69, 9.17) is 0 Å². The normalized spacial score (nSPS) is 14.8. The van der Waals surface area contributed by atoms with E-state index in [9.17, 15) is 0 Å². The highest BCUT2D eigenvalue weighted by Crippen LogP contribution is 2.10. The Hall–Kier alpha value is -0.820. The molecule has 0 saturated heterocycles. The number of hydrogen-bond acceptors (Lipinski definition) is 1. The summed E-state index contributed by atoms with van der Waals surface area (Å²) in [5, 5.41) is 3.66. The Kier molecular flexibility index (Phi) is 5.54. The van der Waals surface area contributed by atoms with Crippen molar-refractivity contribution < 1.29 is 0 Å². The van der Waals surface area contributed by atoms with E-state index in [0.29, 0.717) is 12.1 Å². The molecule has 0 aliphatic rings. The maximum absolute atomic E-state index is 3.66. The molecule has 1 rings (SSSR count). The van der Waals surface area contributed by atoms with Crippen molar-refractivity contribution in [2.75, 3.05) is 0 Å². The molecule has 0 aromatic heterocycles. The molecule has 1 aromatic carbocycles. The van der Waals surface area contributed by atoms with Gasteiger partial charge >= 0.3 is 0 Å². The fourth-order valence-corrected chi connectivity index (χ4v) is 2.23. The monoisotopic (exact) mass is 219 g/mol. The molecule has 0 amide bonds. The highest BCUT2D eigenvalue weighted by molar-refractivity contribution is 5.26. The first-order valence-electron chi connectivity index (χ1n) is 6.44. The van der Waals surface area contributed by atoms with Crippen LogP contribution < -0.4 is 5.32 Å². The van der Waals surface area contributed by atoms with Gasteiger partial charge in [0.15, 0.2) is 0 Å². The maximum atomic E-state index is 3.66. The third-order valence-electron chi connectivity index (χ3n) is 3.08. The molecule has 90 valence electrons. The minimum Gasteiger partial charge on any atom is -0.311 e. The van der Waals surface area contributed by atoms with Crippen molar-refractivity contribution >= 4 is 0 Å². The summed E-state index contributed by atoms with van der Waals surface area (Å²) in [6.45, 7) is 8.98. The summed E-state index contributed by atoms with van der Waals surface area (Å²) in [6.07, 6.45) is 3.64. The van der Waals surface area contributed by atoms with Crippen LogP contribution in [0.1, 0.15) is 44.7 Å². The number of rotatable bonds is 6. The van der Waals surface area contributed by atoms with Gasteiger partial charge in [-0.25, -0.2) is 0 Å². The van der Waals surface area contributed by atoms with Gasteiger partial charge in [0, 0.05) is 12.1 Å². The van der Waals surface area contributed by atoms with Gasteiger partial charge < -0.3 is 5.32 Å². The first-order chi connectivity index (χ1) is 7.63. The Bertz CT molecular complexity index is 306. The van der Waals surface area contributed by atoms with E-state index >= 15 is 0 Å². The number of benzene rings is 1. The van der Waals surface area contributed by atoms with Gasteiger partial charge in [-0.05, 0) is 44.7 Å². The molecule has 2 unspecified atom stereocenters. The van der Waals surface area contributed by atoms with E-state index in [1.165, 1.54) is 24.0 Å². The smallest absolute Gasteiger partial charge is 0.00817 e. The van der Waals surface area contributed by atoms with Gasteiger partial charge in [-0.2, -0.15) is 0 Å². The lowest BCUT2D eigenvalue weighted by atomic mass is 10.0.